The van der Waals surface area contributed by atoms with E-state index in [0.717, 1.165) is 24.3 Å². The summed E-state index contributed by atoms with van der Waals surface area (Å²) in [6, 6.07) is 4.47. The number of esters is 1. The first kappa shape index (κ1) is 26.3. The van der Waals surface area contributed by atoms with Crippen LogP contribution in [0.1, 0.15) is 10.4 Å². The molecule has 0 amide bonds. The molecule has 2 saturated heterocycles. The van der Waals surface area contributed by atoms with Gasteiger partial charge in [-0.25, -0.2) is 4.79 Å². The number of nitrogens with zero attached hydrogens (tertiary/aromatic N) is 1. The average Bonchev–Trinajstić information content (AvgIpc) is 3.08. The number of hydrogen-bond donors (Lipinski definition) is 7. The quantitative estimate of drug-likeness (QED) is 0.106. The predicted molar refractivity (Wildman–Crippen MR) is 105 cm³/mol. The van der Waals surface area contributed by atoms with Gasteiger partial charge in [0.2, 0.25) is 5.79 Å². The zero-order chi connectivity index (χ0) is 25.2. The Bertz CT molecular complexity index is 867. The van der Waals surface area contributed by atoms with E-state index < -0.39 is 85.5 Å². The second kappa shape index (κ2) is 10.5. The standard InChI is InChI=1S/C19H25NO14/c21-5-10-13(24)16(27)19(7-22,33-10)34-18-15(26)14(25)12(23)11(32-18)6-31-17(28)8-1-3-9(4-2-8)20(29)30/h1-4,10-16,18,21-27H,5-7H2/t10-,11-,12-,13-,14+,15-,16+,18+,19+/m1/s1. The van der Waals surface area contributed by atoms with Crippen molar-refractivity contribution in [2.24, 2.45) is 0 Å². The van der Waals surface area contributed by atoms with Crippen molar-refractivity contribution >= 4 is 11.7 Å². The molecule has 3 rings (SSSR count). The Kier molecular flexibility index (Phi) is 8.14. The van der Waals surface area contributed by atoms with Gasteiger partial charge in [0, 0.05) is 12.1 Å². The molecular formula is C19H25NO14. The van der Waals surface area contributed by atoms with Gasteiger partial charge in [-0.1, -0.05) is 0 Å². The van der Waals surface area contributed by atoms with Crippen molar-refractivity contribution in [1.29, 1.82) is 0 Å². The SMILES string of the molecule is O=C(OC[C@H]1O[C@@H](O[C@]2(CO)O[C@H](CO)[C@@H](O)[C@@H]2O)[C@H](O)[C@@H](O)[C@@H]1O)c1ccc([N+](=O)[O-])cc1. The minimum Gasteiger partial charge on any atom is -0.459 e. The first-order valence-corrected chi connectivity index (χ1v) is 10.1. The summed E-state index contributed by atoms with van der Waals surface area (Å²) in [7, 11) is 0. The average molecular weight is 491 g/mol. The van der Waals surface area contributed by atoms with E-state index in [4.69, 9.17) is 18.9 Å². The Labute approximate surface area is 191 Å². The molecular weight excluding hydrogens is 466 g/mol. The lowest BCUT2D eigenvalue weighted by Crippen LogP contribution is -2.62. The number of ether oxygens (including phenoxy) is 4. The summed E-state index contributed by atoms with van der Waals surface area (Å²) in [4.78, 5) is 22.3. The van der Waals surface area contributed by atoms with Crippen LogP contribution in [0.25, 0.3) is 0 Å². The number of benzene rings is 1. The summed E-state index contributed by atoms with van der Waals surface area (Å²) in [5.74, 6) is -3.28. The summed E-state index contributed by atoms with van der Waals surface area (Å²) >= 11 is 0. The Morgan fingerprint density at radius 1 is 1.00 bits per heavy atom. The molecule has 1 aromatic carbocycles. The van der Waals surface area contributed by atoms with Gasteiger partial charge >= 0.3 is 5.97 Å². The molecule has 0 saturated carbocycles. The van der Waals surface area contributed by atoms with E-state index in [1.807, 2.05) is 0 Å². The number of carbonyl (C=O) groups is 1. The van der Waals surface area contributed by atoms with E-state index in [9.17, 15) is 50.7 Å². The third kappa shape index (κ3) is 5.03. The molecule has 0 aromatic heterocycles. The highest BCUT2D eigenvalue weighted by molar-refractivity contribution is 5.89. The van der Waals surface area contributed by atoms with Crippen LogP contribution in [0, 0.1) is 10.1 Å². The van der Waals surface area contributed by atoms with Crippen molar-refractivity contribution in [3.63, 3.8) is 0 Å². The highest BCUT2D eigenvalue weighted by atomic mass is 16.8. The van der Waals surface area contributed by atoms with Crippen LogP contribution in [0.3, 0.4) is 0 Å². The van der Waals surface area contributed by atoms with Crippen molar-refractivity contribution in [2.75, 3.05) is 19.8 Å². The first-order valence-electron chi connectivity index (χ1n) is 10.1. The minimum atomic E-state index is -2.35. The molecule has 1 aromatic rings. The minimum absolute atomic E-state index is 0.0463. The Morgan fingerprint density at radius 3 is 2.18 bits per heavy atom. The van der Waals surface area contributed by atoms with Crippen molar-refractivity contribution in [1.82, 2.24) is 0 Å². The maximum absolute atomic E-state index is 12.2. The smallest absolute Gasteiger partial charge is 0.338 e. The van der Waals surface area contributed by atoms with Gasteiger partial charge < -0.3 is 54.7 Å². The molecule has 0 radical (unpaired) electrons. The largest absolute Gasteiger partial charge is 0.459 e. The number of nitro benzene ring substituents is 1. The number of aliphatic hydroxyl groups excluding tert-OH is 7. The molecule has 2 aliphatic heterocycles. The zero-order valence-electron chi connectivity index (χ0n) is 17.5. The van der Waals surface area contributed by atoms with E-state index in [1.165, 1.54) is 0 Å². The number of hydrogen-bond acceptors (Lipinski definition) is 14. The Hall–Kier alpha value is -2.31. The van der Waals surface area contributed by atoms with Gasteiger partial charge in [-0.15, -0.1) is 0 Å². The topological polar surface area (TPSA) is 239 Å². The zero-order valence-corrected chi connectivity index (χ0v) is 17.5. The third-order valence-electron chi connectivity index (χ3n) is 5.58. The van der Waals surface area contributed by atoms with E-state index in [-0.39, 0.29) is 11.3 Å². The lowest BCUT2D eigenvalue weighted by atomic mass is 9.99. The fourth-order valence-corrected chi connectivity index (χ4v) is 3.58. The van der Waals surface area contributed by atoms with Gasteiger partial charge in [0.25, 0.3) is 5.69 Å². The van der Waals surface area contributed by atoms with Crippen LogP contribution in [-0.2, 0) is 18.9 Å². The van der Waals surface area contributed by atoms with Gasteiger partial charge in [0.1, 0.15) is 55.9 Å². The van der Waals surface area contributed by atoms with Gasteiger partial charge in [0.15, 0.2) is 6.29 Å². The molecule has 9 atom stereocenters. The van der Waals surface area contributed by atoms with Crippen molar-refractivity contribution in [3.8, 4) is 0 Å². The molecule has 0 bridgehead atoms. The summed E-state index contributed by atoms with van der Waals surface area (Å²) in [6.45, 7) is -2.44. The van der Waals surface area contributed by atoms with Crippen LogP contribution in [0.15, 0.2) is 24.3 Å². The number of rotatable bonds is 8. The lowest BCUT2D eigenvalue weighted by Gasteiger charge is -2.43. The molecule has 2 fully saturated rings. The van der Waals surface area contributed by atoms with Gasteiger partial charge in [-0.3, -0.25) is 10.1 Å². The maximum atomic E-state index is 12.2. The van der Waals surface area contributed by atoms with Gasteiger partial charge in [-0.2, -0.15) is 0 Å². The fourth-order valence-electron chi connectivity index (χ4n) is 3.58. The Balaban J connectivity index is 1.68. The second-order valence-corrected chi connectivity index (χ2v) is 7.78. The van der Waals surface area contributed by atoms with E-state index in [1.54, 1.807) is 0 Å². The van der Waals surface area contributed by atoms with E-state index >= 15 is 0 Å². The van der Waals surface area contributed by atoms with Crippen LogP contribution in [0.5, 0.6) is 0 Å². The normalized spacial score (nSPS) is 38.0. The summed E-state index contributed by atoms with van der Waals surface area (Å²) in [5.41, 5.74) is -0.294. The number of carbonyl (C=O) groups excluding carboxylic acids is 1. The van der Waals surface area contributed by atoms with E-state index in [0.29, 0.717) is 0 Å². The molecule has 0 aliphatic carbocycles. The Morgan fingerprint density at radius 2 is 1.65 bits per heavy atom. The number of non-ortho nitro benzene ring substituents is 1. The third-order valence-corrected chi connectivity index (χ3v) is 5.58. The summed E-state index contributed by atoms with van der Waals surface area (Å²) < 4.78 is 20.9. The monoisotopic (exact) mass is 491 g/mol. The van der Waals surface area contributed by atoms with Crippen molar-refractivity contribution in [3.05, 3.63) is 39.9 Å². The number of aliphatic hydroxyl groups is 7. The van der Waals surface area contributed by atoms with Crippen LogP contribution in [-0.4, -0.2) is 121 Å². The molecule has 15 heteroatoms. The van der Waals surface area contributed by atoms with Crippen LogP contribution in [0.2, 0.25) is 0 Å². The molecule has 0 spiro atoms. The molecule has 7 N–H and O–H groups in total. The highest BCUT2D eigenvalue weighted by Crippen LogP contribution is 2.36. The second-order valence-electron chi connectivity index (χ2n) is 7.78. The van der Waals surface area contributed by atoms with Crippen LogP contribution < -0.4 is 0 Å². The maximum Gasteiger partial charge on any atom is 0.338 e. The molecule has 34 heavy (non-hydrogen) atoms. The fraction of sp³-hybridized carbons (Fsp3) is 0.632. The van der Waals surface area contributed by atoms with Gasteiger partial charge in [-0.05, 0) is 12.1 Å². The summed E-state index contributed by atoms with van der Waals surface area (Å²) in [5, 5.41) is 80.5. The molecule has 0 unspecified atom stereocenters. The molecule has 15 nitrogen and oxygen atoms in total. The molecule has 190 valence electrons. The van der Waals surface area contributed by atoms with E-state index in [2.05, 4.69) is 0 Å². The van der Waals surface area contributed by atoms with Crippen molar-refractivity contribution in [2.45, 2.75) is 54.8 Å². The van der Waals surface area contributed by atoms with Crippen molar-refractivity contribution < 1.29 is 64.4 Å². The van der Waals surface area contributed by atoms with Gasteiger partial charge in [0.05, 0.1) is 17.1 Å². The first-order chi connectivity index (χ1) is 16.0. The number of nitro groups is 1. The molecule has 2 aliphatic rings. The highest BCUT2D eigenvalue weighted by Gasteiger charge is 2.58. The lowest BCUT2D eigenvalue weighted by molar-refractivity contribution is -0.384. The van der Waals surface area contributed by atoms with Crippen LogP contribution in [0.4, 0.5) is 5.69 Å². The predicted octanol–water partition coefficient (Wildman–Crippen LogP) is -3.62. The summed E-state index contributed by atoms with van der Waals surface area (Å²) in [6.07, 6.45) is -13.7. The van der Waals surface area contributed by atoms with Crippen LogP contribution >= 0.6 is 0 Å². The molecule has 2 heterocycles.